The number of benzene rings is 2. The van der Waals surface area contributed by atoms with Crippen molar-refractivity contribution in [1.29, 1.82) is 0 Å². The number of hydrogen-bond donors (Lipinski definition) is 0. The molecule has 0 aromatic heterocycles. The van der Waals surface area contributed by atoms with Crippen LogP contribution in [0.5, 0.6) is 0 Å². The first-order chi connectivity index (χ1) is 8.24. The van der Waals surface area contributed by atoms with Crippen molar-refractivity contribution in [3.8, 4) is 0 Å². The van der Waals surface area contributed by atoms with E-state index in [0.717, 1.165) is 35.6 Å². The fourth-order valence-electron chi connectivity index (χ4n) is 2.31. The third-order valence-corrected chi connectivity index (χ3v) is 3.17. The second-order valence-electron chi connectivity index (χ2n) is 4.48. The highest BCUT2D eigenvalue weighted by molar-refractivity contribution is 6.08. The van der Waals surface area contributed by atoms with Crippen molar-refractivity contribution in [2.75, 3.05) is 0 Å². The molecule has 2 aromatic carbocycles. The van der Waals surface area contributed by atoms with Gasteiger partial charge < -0.3 is 0 Å². The van der Waals surface area contributed by atoms with Gasteiger partial charge in [-0.2, -0.15) is 0 Å². The Bertz CT molecular complexity index is 540. The lowest BCUT2D eigenvalue weighted by molar-refractivity contribution is 0.101. The highest BCUT2D eigenvalue weighted by atomic mass is 16.1. The van der Waals surface area contributed by atoms with Crippen LogP contribution in [-0.4, -0.2) is 5.78 Å². The molecule has 88 valence electrons. The van der Waals surface area contributed by atoms with Crippen LogP contribution in [0, 0.1) is 0 Å². The molecule has 0 radical (unpaired) electrons. The minimum Gasteiger partial charge on any atom is -0.294 e. The van der Waals surface area contributed by atoms with Gasteiger partial charge in [-0.15, -0.1) is 0 Å². The standard InChI is InChI=1S/C16H18O/c1-3-4-7-14-11-10-13-8-5-6-9-15(13)16(14)12(2)17/h5-6,8-11H,3-4,7H2,1-2H3. The van der Waals surface area contributed by atoms with Gasteiger partial charge in [0.15, 0.2) is 5.78 Å². The summed E-state index contributed by atoms with van der Waals surface area (Å²) in [7, 11) is 0. The van der Waals surface area contributed by atoms with Crippen LogP contribution < -0.4 is 0 Å². The van der Waals surface area contributed by atoms with Crippen LogP contribution in [0.15, 0.2) is 36.4 Å². The van der Waals surface area contributed by atoms with E-state index in [4.69, 9.17) is 0 Å². The zero-order chi connectivity index (χ0) is 12.3. The van der Waals surface area contributed by atoms with Gasteiger partial charge >= 0.3 is 0 Å². The Kier molecular flexibility index (Phi) is 3.58. The molecule has 0 fully saturated rings. The lowest BCUT2D eigenvalue weighted by atomic mass is 9.93. The minimum absolute atomic E-state index is 0.174. The summed E-state index contributed by atoms with van der Waals surface area (Å²) in [5.74, 6) is 0.174. The Labute approximate surface area is 102 Å². The van der Waals surface area contributed by atoms with Crippen molar-refractivity contribution in [1.82, 2.24) is 0 Å². The van der Waals surface area contributed by atoms with Crippen LogP contribution in [-0.2, 0) is 6.42 Å². The topological polar surface area (TPSA) is 17.1 Å². The number of fused-ring (bicyclic) bond motifs is 1. The first-order valence-corrected chi connectivity index (χ1v) is 6.25. The van der Waals surface area contributed by atoms with E-state index in [-0.39, 0.29) is 5.78 Å². The van der Waals surface area contributed by atoms with Gasteiger partial charge in [-0.1, -0.05) is 49.7 Å². The van der Waals surface area contributed by atoms with Crippen molar-refractivity contribution in [3.05, 3.63) is 47.5 Å². The molecule has 0 heterocycles. The number of rotatable bonds is 4. The molecule has 0 saturated carbocycles. The lowest BCUT2D eigenvalue weighted by Gasteiger charge is -2.10. The van der Waals surface area contributed by atoms with Crippen molar-refractivity contribution in [3.63, 3.8) is 0 Å². The molecule has 0 bridgehead atoms. The van der Waals surface area contributed by atoms with E-state index in [9.17, 15) is 4.79 Å². The second-order valence-corrected chi connectivity index (χ2v) is 4.48. The summed E-state index contributed by atoms with van der Waals surface area (Å²) in [6, 6.07) is 12.3. The van der Waals surface area contributed by atoms with E-state index in [1.54, 1.807) is 6.92 Å². The van der Waals surface area contributed by atoms with Gasteiger partial charge in [-0.3, -0.25) is 4.79 Å². The van der Waals surface area contributed by atoms with Gasteiger partial charge in [0.1, 0.15) is 0 Å². The summed E-state index contributed by atoms with van der Waals surface area (Å²) < 4.78 is 0. The normalized spacial score (nSPS) is 10.7. The predicted octanol–water partition coefficient (Wildman–Crippen LogP) is 4.39. The fourth-order valence-corrected chi connectivity index (χ4v) is 2.31. The molecule has 0 saturated heterocycles. The molecule has 0 spiro atoms. The maximum atomic E-state index is 11.8. The van der Waals surface area contributed by atoms with E-state index < -0.39 is 0 Å². The monoisotopic (exact) mass is 226 g/mol. The average molecular weight is 226 g/mol. The average Bonchev–Trinajstić information content (AvgIpc) is 2.35. The summed E-state index contributed by atoms with van der Waals surface area (Å²) in [5, 5.41) is 2.24. The summed E-state index contributed by atoms with van der Waals surface area (Å²) in [6.45, 7) is 3.84. The van der Waals surface area contributed by atoms with Crippen molar-refractivity contribution >= 4 is 16.6 Å². The van der Waals surface area contributed by atoms with Crippen LogP contribution in [0.3, 0.4) is 0 Å². The maximum absolute atomic E-state index is 11.8. The van der Waals surface area contributed by atoms with Gasteiger partial charge in [-0.05, 0) is 36.1 Å². The molecule has 2 aromatic rings. The zero-order valence-corrected chi connectivity index (χ0v) is 10.5. The third kappa shape index (κ3) is 2.38. The van der Waals surface area contributed by atoms with Crippen molar-refractivity contribution in [2.24, 2.45) is 0 Å². The Hall–Kier alpha value is -1.63. The van der Waals surface area contributed by atoms with Crippen LogP contribution in [0.25, 0.3) is 10.8 Å². The predicted molar refractivity (Wildman–Crippen MR) is 72.6 cm³/mol. The Morgan fingerprint density at radius 3 is 2.59 bits per heavy atom. The van der Waals surface area contributed by atoms with Crippen LogP contribution >= 0.6 is 0 Å². The van der Waals surface area contributed by atoms with Crippen molar-refractivity contribution < 1.29 is 4.79 Å². The number of carbonyl (C=O) groups is 1. The Balaban J connectivity index is 2.60. The molecule has 17 heavy (non-hydrogen) atoms. The first-order valence-electron chi connectivity index (χ1n) is 6.25. The first kappa shape index (κ1) is 11.8. The molecule has 0 atom stereocenters. The number of Topliss-reactive ketones (excluding diaryl/α,β-unsaturated/α-hetero) is 1. The van der Waals surface area contributed by atoms with E-state index in [1.807, 2.05) is 18.2 Å². The quantitative estimate of drug-likeness (QED) is 0.707. The van der Waals surface area contributed by atoms with Crippen LogP contribution in [0.4, 0.5) is 0 Å². The Morgan fingerprint density at radius 2 is 1.88 bits per heavy atom. The SMILES string of the molecule is CCCCc1ccc2ccccc2c1C(C)=O. The number of carbonyl (C=O) groups excluding carboxylic acids is 1. The molecule has 0 aliphatic rings. The number of aryl methyl sites for hydroxylation is 1. The molecule has 0 amide bonds. The van der Waals surface area contributed by atoms with E-state index in [1.165, 1.54) is 5.56 Å². The summed E-state index contributed by atoms with van der Waals surface area (Å²) in [6.07, 6.45) is 3.29. The largest absolute Gasteiger partial charge is 0.294 e. The van der Waals surface area contributed by atoms with Gasteiger partial charge in [0.05, 0.1) is 0 Å². The van der Waals surface area contributed by atoms with Gasteiger partial charge in [0.25, 0.3) is 0 Å². The van der Waals surface area contributed by atoms with Gasteiger partial charge in [0.2, 0.25) is 0 Å². The molecular weight excluding hydrogens is 208 g/mol. The molecule has 0 aliphatic heterocycles. The number of ketones is 1. The fraction of sp³-hybridized carbons (Fsp3) is 0.312. The number of unbranched alkanes of at least 4 members (excludes halogenated alkanes) is 1. The maximum Gasteiger partial charge on any atom is 0.160 e. The highest BCUT2D eigenvalue weighted by Gasteiger charge is 2.10. The van der Waals surface area contributed by atoms with Crippen LogP contribution in [0.2, 0.25) is 0 Å². The van der Waals surface area contributed by atoms with Crippen molar-refractivity contribution in [2.45, 2.75) is 33.1 Å². The van der Waals surface area contributed by atoms with E-state index >= 15 is 0 Å². The zero-order valence-electron chi connectivity index (χ0n) is 10.5. The molecule has 0 unspecified atom stereocenters. The molecule has 1 heteroatoms. The third-order valence-electron chi connectivity index (χ3n) is 3.17. The lowest BCUT2D eigenvalue weighted by Crippen LogP contribution is -2.01. The molecule has 0 aliphatic carbocycles. The highest BCUT2D eigenvalue weighted by Crippen LogP contribution is 2.24. The summed E-state index contributed by atoms with van der Waals surface area (Å²) >= 11 is 0. The molecular formula is C16H18O. The minimum atomic E-state index is 0.174. The summed E-state index contributed by atoms with van der Waals surface area (Å²) in [4.78, 5) is 11.8. The second kappa shape index (κ2) is 5.13. The van der Waals surface area contributed by atoms with E-state index in [0.29, 0.717) is 0 Å². The Morgan fingerprint density at radius 1 is 1.12 bits per heavy atom. The smallest absolute Gasteiger partial charge is 0.160 e. The van der Waals surface area contributed by atoms with E-state index in [2.05, 4.69) is 25.1 Å². The number of hydrogen-bond acceptors (Lipinski definition) is 1. The van der Waals surface area contributed by atoms with Crippen LogP contribution in [0.1, 0.15) is 42.6 Å². The molecule has 0 N–H and O–H groups in total. The van der Waals surface area contributed by atoms with Gasteiger partial charge in [-0.25, -0.2) is 0 Å². The van der Waals surface area contributed by atoms with Gasteiger partial charge in [0, 0.05) is 5.56 Å². The molecule has 2 rings (SSSR count). The summed E-state index contributed by atoms with van der Waals surface area (Å²) in [5.41, 5.74) is 2.11. The molecule has 1 nitrogen and oxygen atoms in total.